The molecule has 2 N–H and O–H groups in total. The molecular weight excluding hydrogens is 324 g/mol. The first-order valence-electron chi connectivity index (χ1n) is 6.34. The number of aromatic hydroxyl groups is 2. The Hall–Kier alpha value is -3.82. The molecule has 1 aliphatic rings. The highest BCUT2D eigenvalue weighted by molar-refractivity contribution is 6.30. The first-order valence-corrected chi connectivity index (χ1v) is 6.34. The van der Waals surface area contributed by atoms with Gasteiger partial charge in [0.25, 0.3) is 5.69 Å². The van der Waals surface area contributed by atoms with Crippen molar-refractivity contribution in [3.05, 3.63) is 66.7 Å². The van der Waals surface area contributed by atoms with Crippen molar-refractivity contribution in [2.75, 3.05) is 0 Å². The number of hydrogen-bond donors (Lipinski definition) is 2. The Morgan fingerprint density at radius 1 is 0.750 bits per heavy atom. The van der Waals surface area contributed by atoms with Gasteiger partial charge in [0.2, 0.25) is 5.78 Å². The van der Waals surface area contributed by atoms with E-state index in [1.165, 1.54) is 0 Å². The van der Waals surface area contributed by atoms with E-state index < -0.39 is 55.4 Å². The molecule has 0 fully saturated rings. The summed E-state index contributed by atoms with van der Waals surface area (Å²) in [5.41, 5.74) is -3.29. The van der Waals surface area contributed by atoms with Gasteiger partial charge in [-0.15, -0.1) is 0 Å². The van der Waals surface area contributed by atoms with Gasteiger partial charge in [0, 0.05) is 22.8 Å². The van der Waals surface area contributed by atoms with Crippen molar-refractivity contribution >= 4 is 22.9 Å². The molecule has 0 saturated heterocycles. The molecule has 0 amide bonds. The van der Waals surface area contributed by atoms with Crippen molar-refractivity contribution in [3.63, 3.8) is 0 Å². The fraction of sp³-hybridized carbons (Fsp3) is 0. The predicted molar refractivity (Wildman–Crippen MR) is 76.4 cm³/mol. The summed E-state index contributed by atoms with van der Waals surface area (Å²) in [5, 5.41) is 41.1. The summed E-state index contributed by atoms with van der Waals surface area (Å²) in [6.07, 6.45) is 0. The van der Waals surface area contributed by atoms with Gasteiger partial charge in [-0.3, -0.25) is 29.8 Å². The Kier molecular flexibility index (Phi) is 3.04. The molecule has 120 valence electrons. The van der Waals surface area contributed by atoms with Gasteiger partial charge in [-0.1, -0.05) is 0 Å². The lowest BCUT2D eigenvalue weighted by molar-refractivity contribution is -0.385. The standard InChI is InChI=1S/C14H6N2O8/c17-5-1-8-12(10(2-5)16(23)24)14(20)7-4-11(18)9(15(21)22)3-6(7)13(8)19/h1-4,17-18H. The van der Waals surface area contributed by atoms with Crippen LogP contribution in [0.5, 0.6) is 11.5 Å². The van der Waals surface area contributed by atoms with Crippen LogP contribution < -0.4 is 0 Å². The lowest BCUT2D eigenvalue weighted by Crippen LogP contribution is -2.22. The zero-order valence-electron chi connectivity index (χ0n) is 11.5. The van der Waals surface area contributed by atoms with Crippen LogP contribution in [0.3, 0.4) is 0 Å². The van der Waals surface area contributed by atoms with Crippen molar-refractivity contribution in [3.8, 4) is 11.5 Å². The van der Waals surface area contributed by atoms with Crippen LogP contribution in [0.4, 0.5) is 11.4 Å². The van der Waals surface area contributed by atoms with Crippen molar-refractivity contribution < 1.29 is 29.6 Å². The minimum absolute atomic E-state index is 0.378. The van der Waals surface area contributed by atoms with Crippen LogP contribution in [0.25, 0.3) is 0 Å². The number of carbonyl (C=O) groups excluding carboxylic acids is 2. The zero-order chi connectivity index (χ0) is 17.8. The molecule has 0 bridgehead atoms. The lowest BCUT2D eigenvalue weighted by Gasteiger charge is -2.17. The van der Waals surface area contributed by atoms with E-state index in [0.29, 0.717) is 0 Å². The van der Waals surface area contributed by atoms with E-state index in [4.69, 9.17) is 0 Å². The summed E-state index contributed by atoms with van der Waals surface area (Å²) >= 11 is 0. The normalized spacial score (nSPS) is 12.5. The Balaban J connectivity index is 2.36. The van der Waals surface area contributed by atoms with Gasteiger partial charge >= 0.3 is 5.69 Å². The molecule has 10 heteroatoms. The van der Waals surface area contributed by atoms with E-state index in [9.17, 15) is 40.0 Å². The van der Waals surface area contributed by atoms with Crippen LogP contribution in [0.15, 0.2) is 24.3 Å². The summed E-state index contributed by atoms with van der Waals surface area (Å²) in [5.74, 6) is -3.29. The molecule has 0 aliphatic heterocycles. The molecule has 2 aromatic carbocycles. The second-order valence-corrected chi connectivity index (χ2v) is 4.95. The molecule has 0 radical (unpaired) electrons. The average Bonchev–Trinajstić information content (AvgIpc) is 2.51. The minimum atomic E-state index is -0.948. The van der Waals surface area contributed by atoms with Gasteiger partial charge in [-0.05, 0) is 12.1 Å². The maximum Gasteiger partial charge on any atom is 0.311 e. The molecule has 0 aromatic heterocycles. The Bertz CT molecular complexity index is 979. The van der Waals surface area contributed by atoms with Crippen molar-refractivity contribution in [2.45, 2.75) is 0 Å². The van der Waals surface area contributed by atoms with Gasteiger partial charge in [0.15, 0.2) is 11.5 Å². The summed E-state index contributed by atoms with van der Waals surface area (Å²) in [4.78, 5) is 45.1. The molecule has 0 atom stereocenters. The summed E-state index contributed by atoms with van der Waals surface area (Å²) < 4.78 is 0. The number of nitro groups is 2. The highest BCUT2D eigenvalue weighted by Gasteiger charge is 2.38. The van der Waals surface area contributed by atoms with E-state index in [1.807, 2.05) is 0 Å². The van der Waals surface area contributed by atoms with E-state index in [2.05, 4.69) is 0 Å². The first-order chi connectivity index (χ1) is 11.2. The number of phenolic OH excluding ortho intramolecular Hbond substituents is 2. The number of phenols is 2. The van der Waals surface area contributed by atoms with Gasteiger partial charge in [-0.2, -0.15) is 0 Å². The number of nitrogens with zero attached hydrogens (tertiary/aromatic N) is 2. The highest BCUT2D eigenvalue weighted by Crippen LogP contribution is 2.39. The lowest BCUT2D eigenvalue weighted by atomic mass is 9.82. The summed E-state index contributed by atoms with van der Waals surface area (Å²) in [7, 11) is 0. The van der Waals surface area contributed by atoms with Gasteiger partial charge in [0.05, 0.1) is 15.9 Å². The number of benzene rings is 2. The monoisotopic (exact) mass is 330 g/mol. The van der Waals surface area contributed by atoms with E-state index in [1.54, 1.807) is 0 Å². The molecule has 0 spiro atoms. The maximum absolute atomic E-state index is 12.5. The zero-order valence-corrected chi connectivity index (χ0v) is 11.5. The van der Waals surface area contributed by atoms with Crippen molar-refractivity contribution in [1.82, 2.24) is 0 Å². The largest absolute Gasteiger partial charge is 0.508 e. The van der Waals surface area contributed by atoms with Crippen LogP contribution in [-0.2, 0) is 0 Å². The SMILES string of the molecule is O=C1c2cc([N+](=O)[O-])c(O)cc2C(=O)c2c1cc(O)cc2[N+](=O)[O-]. The first kappa shape index (κ1) is 15.1. The Morgan fingerprint density at radius 3 is 1.92 bits per heavy atom. The van der Waals surface area contributed by atoms with E-state index in [-0.39, 0.29) is 11.1 Å². The van der Waals surface area contributed by atoms with Crippen LogP contribution >= 0.6 is 0 Å². The quantitative estimate of drug-likeness (QED) is 0.530. The van der Waals surface area contributed by atoms with Crippen molar-refractivity contribution in [2.24, 2.45) is 0 Å². The number of rotatable bonds is 2. The summed E-state index contributed by atoms with van der Waals surface area (Å²) in [6.45, 7) is 0. The molecule has 3 rings (SSSR count). The molecule has 24 heavy (non-hydrogen) atoms. The van der Waals surface area contributed by atoms with E-state index in [0.717, 1.165) is 24.3 Å². The highest BCUT2D eigenvalue weighted by atomic mass is 16.6. The molecule has 0 heterocycles. The Labute approximate surface area is 131 Å². The molecule has 1 aliphatic carbocycles. The molecule has 0 unspecified atom stereocenters. The van der Waals surface area contributed by atoms with Gasteiger partial charge in [-0.25, -0.2) is 0 Å². The third-order valence-electron chi connectivity index (χ3n) is 3.57. The van der Waals surface area contributed by atoms with Crippen LogP contribution in [0.2, 0.25) is 0 Å². The third kappa shape index (κ3) is 1.97. The number of carbonyl (C=O) groups is 2. The fourth-order valence-corrected chi connectivity index (χ4v) is 2.55. The predicted octanol–water partition coefficient (Wildman–Crippen LogP) is 1.69. The minimum Gasteiger partial charge on any atom is -0.508 e. The molecular formula is C14H6N2O8. The third-order valence-corrected chi connectivity index (χ3v) is 3.57. The van der Waals surface area contributed by atoms with Crippen LogP contribution in [0.1, 0.15) is 31.8 Å². The number of fused-ring (bicyclic) bond motifs is 2. The second kappa shape index (κ2) is 4.84. The average molecular weight is 330 g/mol. The Morgan fingerprint density at radius 2 is 1.33 bits per heavy atom. The second-order valence-electron chi connectivity index (χ2n) is 4.95. The van der Waals surface area contributed by atoms with Gasteiger partial charge < -0.3 is 10.2 Å². The van der Waals surface area contributed by atoms with E-state index >= 15 is 0 Å². The maximum atomic E-state index is 12.5. The number of hydrogen-bond acceptors (Lipinski definition) is 8. The topological polar surface area (TPSA) is 161 Å². The fourth-order valence-electron chi connectivity index (χ4n) is 2.55. The molecule has 0 saturated carbocycles. The van der Waals surface area contributed by atoms with Crippen LogP contribution in [-0.4, -0.2) is 31.6 Å². The van der Waals surface area contributed by atoms with Gasteiger partial charge in [0.1, 0.15) is 11.3 Å². The number of ketones is 2. The summed E-state index contributed by atoms with van der Waals surface area (Å²) in [6, 6.07) is 3.06. The number of nitro benzene ring substituents is 2. The van der Waals surface area contributed by atoms with Crippen molar-refractivity contribution in [1.29, 1.82) is 0 Å². The molecule has 2 aromatic rings. The molecule has 10 nitrogen and oxygen atoms in total. The smallest absolute Gasteiger partial charge is 0.311 e. The van der Waals surface area contributed by atoms with Crippen LogP contribution in [0, 0.1) is 20.2 Å².